The topological polar surface area (TPSA) is 83.5 Å². The van der Waals surface area contributed by atoms with Gasteiger partial charge < -0.3 is 10.4 Å². The third kappa shape index (κ3) is 5.35. The number of aromatic hydroxyl groups is 1. The average Bonchev–Trinajstić information content (AvgIpc) is 2.19. The number of hydrogen-bond donors (Lipinski definition) is 2. The number of carbonyl (C=O) groups excluding carboxylic acids is 1. The van der Waals surface area contributed by atoms with Crippen LogP contribution in [-0.2, 0) is 14.6 Å². The lowest BCUT2D eigenvalue weighted by Gasteiger charge is -2.06. The number of sulfone groups is 1. The van der Waals surface area contributed by atoms with E-state index in [0.29, 0.717) is 5.69 Å². The summed E-state index contributed by atoms with van der Waals surface area (Å²) in [5.74, 6) is -0.333. The number of para-hydroxylation sites is 2. The number of hydrogen-bond acceptors (Lipinski definition) is 4. The number of nitrogens with one attached hydrogen (secondary N) is 1. The molecule has 17 heavy (non-hydrogen) atoms. The number of carbonyl (C=O) groups is 1. The van der Waals surface area contributed by atoms with Crippen molar-refractivity contribution in [1.29, 1.82) is 0 Å². The normalized spacial score (nSPS) is 11.1. The Kier molecular flexibility index (Phi) is 4.51. The van der Waals surface area contributed by atoms with Gasteiger partial charge in [0.05, 0.1) is 11.4 Å². The molecule has 0 fully saturated rings. The van der Waals surface area contributed by atoms with Crippen molar-refractivity contribution in [3.63, 3.8) is 0 Å². The van der Waals surface area contributed by atoms with Gasteiger partial charge in [0.2, 0.25) is 5.91 Å². The summed E-state index contributed by atoms with van der Waals surface area (Å²) in [5, 5.41) is 11.9. The number of benzene rings is 1. The van der Waals surface area contributed by atoms with E-state index in [1.54, 1.807) is 18.2 Å². The van der Waals surface area contributed by atoms with Crippen molar-refractivity contribution in [3.8, 4) is 5.75 Å². The van der Waals surface area contributed by atoms with E-state index in [2.05, 4.69) is 5.32 Å². The molecule has 0 radical (unpaired) electrons. The Hall–Kier alpha value is -1.56. The Morgan fingerprint density at radius 3 is 2.59 bits per heavy atom. The van der Waals surface area contributed by atoms with Crippen LogP contribution in [0.4, 0.5) is 5.69 Å². The molecule has 6 heteroatoms. The molecule has 1 rings (SSSR count). The second-order valence-corrected chi connectivity index (χ2v) is 6.06. The molecule has 0 heterocycles. The lowest BCUT2D eigenvalue weighted by molar-refractivity contribution is -0.116. The van der Waals surface area contributed by atoms with Crippen LogP contribution in [0.5, 0.6) is 5.75 Å². The number of amides is 1. The first-order chi connectivity index (χ1) is 7.88. The molecule has 0 atom stereocenters. The zero-order valence-electron chi connectivity index (χ0n) is 9.51. The van der Waals surface area contributed by atoms with E-state index in [4.69, 9.17) is 0 Å². The highest BCUT2D eigenvalue weighted by molar-refractivity contribution is 7.90. The van der Waals surface area contributed by atoms with Gasteiger partial charge in [-0.2, -0.15) is 0 Å². The Labute approximate surface area is 100 Å². The smallest absolute Gasteiger partial charge is 0.224 e. The van der Waals surface area contributed by atoms with Gasteiger partial charge in [0.15, 0.2) is 0 Å². The van der Waals surface area contributed by atoms with Gasteiger partial charge in [0.25, 0.3) is 0 Å². The first-order valence-corrected chi connectivity index (χ1v) is 7.20. The molecular weight excluding hydrogens is 242 g/mol. The quantitative estimate of drug-likeness (QED) is 0.775. The van der Waals surface area contributed by atoms with Crippen molar-refractivity contribution in [2.75, 3.05) is 17.3 Å². The summed E-state index contributed by atoms with van der Waals surface area (Å²) in [5.41, 5.74) is 0.330. The summed E-state index contributed by atoms with van der Waals surface area (Å²) in [6.07, 6.45) is 1.52. The molecule has 0 saturated heterocycles. The van der Waals surface area contributed by atoms with Crippen LogP contribution in [0.2, 0.25) is 0 Å². The molecule has 0 bridgehead atoms. The van der Waals surface area contributed by atoms with Crippen LogP contribution >= 0.6 is 0 Å². The van der Waals surface area contributed by atoms with E-state index in [1.165, 1.54) is 6.07 Å². The fraction of sp³-hybridized carbons (Fsp3) is 0.364. The summed E-state index contributed by atoms with van der Waals surface area (Å²) in [6.45, 7) is 0. The molecule has 0 spiro atoms. The summed E-state index contributed by atoms with van der Waals surface area (Å²) < 4.78 is 21.7. The van der Waals surface area contributed by atoms with Crippen molar-refractivity contribution in [3.05, 3.63) is 24.3 Å². The minimum Gasteiger partial charge on any atom is -0.506 e. The van der Waals surface area contributed by atoms with E-state index in [9.17, 15) is 18.3 Å². The van der Waals surface area contributed by atoms with E-state index < -0.39 is 9.84 Å². The van der Waals surface area contributed by atoms with Crippen LogP contribution in [0.1, 0.15) is 12.8 Å². The Bertz CT molecular complexity index is 496. The average molecular weight is 257 g/mol. The molecule has 0 aliphatic heterocycles. The van der Waals surface area contributed by atoms with E-state index >= 15 is 0 Å². The molecule has 0 aliphatic rings. The lowest BCUT2D eigenvalue weighted by Crippen LogP contribution is -2.13. The van der Waals surface area contributed by atoms with Gasteiger partial charge in [-0.25, -0.2) is 8.42 Å². The maximum Gasteiger partial charge on any atom is 0.224 e. The maximum absolute atomic E-state index is 11.4. The number of anilines is 1. The molecule has 1 aromatic carbocycles. The van der Waals surface area contributed by atoms with Crippen LogP contribution < -0.4 is 5.32 Å². The van der Waals surface area contributed by atoms with Gasteiger partial charge in [-0.15, -0.1) is 0 Å². The van der Waals surface area contributed by atoms with Gasteiger partial charge >= 0.3 is 0 Å². The number of rotatable bonds is 5. The molecule has 0 aliphatic carbocycles. The van der Waals surface area contributed by atoms with Crippen LogP contribution in [0, 0.1) is 0 Å². The van der Waals surface area contributed by atoms with Gasteiger partial charge in [0, 0.05) is 12.7 Å². The third-order valence-corrected chi connectivity index (χ3v) is 3.13. The predicted molar refractivity (Wildman–Crippen MR) is 65.7 cm³/mol. The monoisotopic (exact) mass is 257 g/mol. The second-order valence-electron chi connectivity index (χ2n) is 3.80. The summed E-state index contributed by atoms with van der Waals surface area (Å²) in [7, 11) is -3.03. The number of phenols is 1. The number of phenolic OH excluding ortho intramolecular Hbond substituents is 1. The molecule has 1 amide bonds. The van der Waals surface area contributed by atoms with Crippen molar-refractivity contribution in [1.82, 2.24) is 0 Å². The largest absolute Gasteiger partial charge is 0.506 e. The SMILES string of the molecule is CS(=O)(=O)CCCC(=O)Nc1ccccc1O. The highest BCUT2D eigenvalue weighted by atomic mass is 32.2. The fourth-order valence-electron chi connectivity index (χ4n) is 1.29. The standard InChI is InChI=1S/C11H15NO4S/c1-17(15,16)8-4-7-11(14)12-9-5-2-3-6-10(9)13/h2-3,5-6,13H,4,7-8H2,1H3,(H,12,14). The molecule has 94 valence electrons. The van der Waals surface area contributed by atoms with Crippen LogP contribution in [-0.4, -0.2) is 31.4 Å². The Balaban J connectivity index is 2.43. The molecule has 1 aromatic rings. The van der Waals surface area contributed by atoms with Gasteiger partial charge in [-0.3, -0.25) is 4.79 Å². The molecule has 0 aromatic heterocycles. The van der Waals surface area contributed by atoms with Crippen LogP contribution in [0.15, 0.2) is 24.3 Å². The van der Waals surface area contributed by atoms with Crippen LogP contribution in [0.3, 0.4) is 0 Å². The van der Waals surface area contributed by atoms with Gasteiger partial charge in [-0.05, 0) is 18.6 Å². The van der Waals surface area contributed by atoms with Gasteiger partial charge in [-0.1, -0.05) is 12.1 Å². The highest BCUT2D eigenvalue weighted by Gasteiger charge is 2.08. The van der Waals surface area contributed by atoms with Crippen molar-refractivity contribution >= 4 is 21.4 Å². The summed E-state index contributed by atoms with van der Waals surface area (Å²) in [4.78, 5) is 11.4. The maximum atomic E-state index is 11.4. The molecule has 2 N–H and O–H groups in total. The van der Waals surface area contributed by atoms with Crippen LogP contribution in [0.25, 0.3) is 0 Å². The first-order valence-electron chi connectivity index (χ1n) is 5.14. The summed E-state index contributed by atoms with van der Waals surface area (Å²) >= 11 is 0. The van der Waals surface area contributed by atoms with Crippen molar-refractivity contribution in [2.24, 2.45) is 0 Å². The van der Waals surface area contributed by atoms with Crippen molar-refractivity contribution in [2.45, 2.75) is 12.8 Å². The molecule has 5 nitrogen and oxygen atoms in total. The molecule has 0 unspecified atom stereocenters. The summed E-state index contributed by atoms with van der Waals surface area (Å²) in [6, 6.07) is 6.37. The molecular formula is C11H15NO4S. The van der Waals surface area contributed by atoms with E-state index in [-0.39, 0.29) is 30.3 Å². The minimum absolute atomic E-state index is 0.0102. The van der Waals surface area contributed by atoms with E-state index in [0.717, 1.165) is 6.26 Å². The van der Waals surface area contributed by atoms with Crippen molar-refractivity contribution < 1.29 is 18.3 Å². The predicted octanol–water partition coefficient (Wildman–Crippen LogP) is 1.16. The first kappa shape index (κ1) is 13.5. The third-order valence-electron chi connectivity index (χ3n) is 2.10. The molecule has 0 saturated carbocycles. The Morgan fingerprint density at radius 2 is 2.00 bits per heavy atom. The Morgan fingerprint density at radius 1 is 1.35 bits per heavy atom. The lowest BCUT2D eigenvalue weighted by atomic mass is 10.2. The van der Waals surface area contributed by atoms with Gasteiger partial charge in [0.1, 0.15) is 15.6 Å². The fourth-order valence-corrected chi connectivity index (χ4v) is 1.96. The highest BCUT2D eigenvalue weighted by Crippen LogP contribution is 2.21. The van der Waals surface area contributed by atoms with E-state index in [1.807, 2.05) is 0 Å². The zero-order valence-corrected chi connectivity index (χ0v) is 10.3. The minimum atomic E-state index is -3.03. The second kappa shape index (κ2) is 5.67. The zero-order chi connectivity index (χ0) is 12.9.